The van der Waals surface area contributed by atoms with E-state index in [0.717, 1.165) is 5.56 Å². The van der Waals surface area contributed by atoms with Gasteiger partial charge in [-0.2, -0.15) is 0 Å². The molecule has 1 N–H and O–H groups in total. The van der Waals surface area contributed by atoms with Gasteiger partial charge >= 0.3 is 0 Å². The van der Waals surface area contributed by atoms with E-state index in [-0.39, 0.29) is 17.3 Å². The Bertz CT molecular complexity index is 600. The molecule has 0 spiro atoms. The maximum Gasteiger partial charge on any atom is 0.242 e. The van der Waals surface area contributed by atoms with Crippen LogP contribution >= 0.6 is 31.9 Å². The minimum atomic E-state index is -3.73. The van der Waals surface area contributed by atoms with Crippen molar-refractivity contribution in [2.24, 2.45) is 0 Å². The number of nitrogens with zero attached hydrogens (tertiary/aromatic N) is 1. The Hall–Kier alpha value is -0.440. The van der Waals surface area contributed by atoms with E-state index in [9.17, 15) is 13.2 Å². The summed E-state index contributed by atoms with van der Waals surface area (Å²) < 4.78 is 27.6. The molecule has 106 valence electrons. The van der Waals surface area contributed by atoms with Crippen LogP contribution in [0.2, 0.25) is 0 Å². The van der Waals surface area contributed by atoms with Crippen LogP contribution in [0.25, 0.3) is 0 Å². The summed E-state index contributed by atoms with van der Waals surface area (Å²) in [5.74, 6) is -0.314. The van der Waals surface area contributed by atoms with E-state index in [1.54, 1.807) is 20.2 Å². The van der Waals surface area contributed by atoms with E-state index in [4.69, 9.17) is 0 Å². The molecule has 1 amide bonds. The minimum absolute atomic E-state index is 0.0940. The van der Waals surface area contributed by atoms with Crippen LogP contribution in [-0.4, -0.2) is 39.9 Å². The third-order valence-electron chi connectivity index (χ3n) is 2.41. The predicted molar refractivity (Wildman–Crippen MR) is 80.5 cm³/mol. The average Bonchev–Trinajstić information content (AvgIpc) is 2.30. The third kappa shape index (κ3) is 4.27. The average molecular weight is 414 g/mol. The molecule has 19 heavy (non-hydrogen) atoms. The predicted octanol–water partition coefficient (Wildman–Crippen LogP) is 1.89. The van der Waals surface area contributed by atoms with Gasteiger partial charge in [-0.25, -0.2) is 13.1 Å². The van der Waals surface area contributed by atoms with E-state index >= 15 is 0 Å². The number of amides is 1. The highest BCUT2D eigenvalue weighted by molar-refractivity contribution is 9.11. The highest BCUT2D eigenvalue weighted by Crippen LogP contribution is 2.28. The lowest BCUT2D eigenvalue weighted by atomic mass is 10.2. The van der Waals surface area contributed by atoms with Gasteiger partial charge in [0.2, 0.25) is 15.9 Å². The maximum absolute atomic E-state index is 12.1. The summed E-state index contributed by atoms with van der Waals surface area (Å²) in [6.45, 7) is 1.58. The molecule has 8 heteroatoms. The molecule has 0 unspecified atom stereocenters. The first kappa shape index (κ1) is 16.6. The molecule has 0 heterocycles. The van der Waals surface area contributed by atoms with Crippen molar-refractivity contribution in [3.05, 3.63) is 26.6 Å². The Balaban J connectivity index is 3.01. The summed E-state index contributed by atoms with van der Waals surface area (Å²) in [4.78, 5) is 12.8. The van der Waals surface area contributed by atoms with Gasteiger partial charge in [-0.1, -0.05) is 15.9 Å². The molecule has 0 saturated carbocycles. The number of hydrogen-bond acceptors (Lipinski definition) is 3. The molecule has 5 nitrogen and oxygen atoms in total. The van der Waals surface area contributed by atoms with Crippen molar-refractivity contribution in [3.63, 3.8) is 0 Å². The van der Waals surface area contributed by atoms with Crippen molar-refractivity contribution in [1.82, 2.24) is 9.62 Å². The second-order valence-electron chi connectivity index (χ2n) is 4.14. The summed E-state index contributed by atoms with van der Waals surface area (Å²) >= 11 is 6.51. The molecular weight excluding hydrogens is 400 g/mol. The van der Waals surface area contributed by atoms with Gasteiger partial charge in [-0.3, -0.25) is 4.79 Å². The van der Waals surface area contributed by atoms with Gasteiger partial charge in [0.25, 0.3) is 0 Å². The number of hydrogen-bond donors (Lipinski definition) is 1. The van der Waals surface area contributed by atoms with Crippen LogP contribution in [0.15, 0.2) is 26.0 Å². The smallest absolute Gasteiger partial charge is 0.242 e. The van der Waals surface area contributed by atoms with Gasteiger partial charge in [-0.05, 0) is 40.5 Å². The van der Waals surface area contributed by atoms with Crippen molar-refractivity contribution in [3.8, 4) is 0 Å². The lowest BCUT2D eigenvalue weighted by Crippen LogP contribution is -2.36. The van der Waals surface area contributed by atoms with Crippen LogP contribution in [0.5, 0.6) is 0 Å². The van der Waals surface area contributed by atoms with Crippen molar-refractivity contribution in [1.29, 1.82) is 0 Å². The maximum atomic E-state index is 12.1. The van der Waals surface area contributed by atoms with Crippen LogP contribution in [0.4, 0.5) is 0 Å². The SMILES string of the molecule is Cc1cc(Br)c(S(=O)(=O)NCC(=O)N(C)C)cc1Br. The van der Waals surface area contributed by atoms with Crippen molar-refractivity contribution >= 4 is 47.8 Å². The number of carbonyl (C=O) groups is 1. The molecule has 1 aromatic rings. The van der Waals surface area contributed by atoms with E-state index in [0.29, 0.717) is 8.95 Å². The van der Waals surface area contributed by atoms with Gasteiger partial charge in [0, 0.05) is 23.0 Å². The number of halogens is 2. The zero-order valence-corrected chi connectivity index (χ0v) is 14.7. The van der Waals surface area contributed by atoms with E-state index < -0.39 is 10.0 Å². The summed E-state index contributed by atoms with van der Waals surface area (Å²) in [7, 11) is -0.604. The quantitative estimate of drug-likeness (QED) is 0.819. The molecule has 0 atom stereocenters. The monoisotopic (exact) mass is 412 g/mol. The molecule has 0 aliphatic heterocycles. The summed E-state index contributed by atoms with van der Waals surface area (Å²) in [6.07, 6.45) is 0. The fourth-order valence-corrected chi connectivity index (χ4v) is 3.88. The fourth-order valence-electron chi connectivity index (χ4n) is 1.23. The minimum Gasteiger partial charge on any atom is -0.348 e. The largest absolute Gasteiger partial charge is 0.348 e. The molecule has 0 aromatic heterocycles. The Morgan fingerprint density at radius 1 is 1.26 bits per heavy atom. The number of sulfonamides is 1. The van der Waals surface area contributed by atoms with Gasteiger partial charge < -0.3 is 4.90 Å². The lowest BCUT2D eigenvalue weighted by molar-refractivity contribution is -0.127. The van der Waals surface area contributed by atoms with Crippen LogP contribution in [-0.2, 0) is 14.8 Å². The summed E-state index contributed by atoms with van der Waals surface area (Å²) in [6, 6.07) is 3.20. The molecule has 0 aliphatic carbocycles. The molecule has 1 rings (SSSR count). The van der Waals surface area contributed by atoms with Crippen LogP contribution in [0, 0.1) is 6.92 Å². The molecule has 0 radical (unpaired) electrons. The topological polar surface area (TPSA) is 66.5 Å². The van der Waals surface area contributed by atoms with Gasteiger partial charge in [0.15, 0.2) is 0 Å². The normalized spacial score (nSPS) is 11.4. The number of carbonyl (C=O) groups excluding carboxylic acids is 1. The first-order chi connectivity index (χ1) is 8.65. The van der Waals surface area contributed by atoms with Crippen LogP contribution in [0.3, 0.4) is 0 Å². The zero-order valence-electron chi connectivity index (χ0n) is 10.7. The van der Waals surface area contributed by atoms with Crippen LogP contribution < -0.4 is 4.72 Å². The van der Waals surface area contributed by atoms with Gasteiger partial charge in [0.1, 0.15) is 0 Å². The third-order valence-corrected chi connectivity index (χ3v) is 5.63. The molecule has 0 bridgehead atoms. The van der Waals surface area contributed by atoms with Gasteiger partial charge in [0.05, 0.1) is 11.4 Å². The molecule has 0 aliphatic rings. The number of aryl methyl sites for hydroxylation is 1. The molecule has 1 aromatic carbocycles. The molecular formula is C11H14Br2N2O3S. The lowest BCUT2D eigenvalue weighted by Gasteiger charge is -2.13. The fraction of sp³-hybridized carbons (Fsp3) is 0.364. The number of benzene rings is 1. The summed E-state index contributed by atoms with van der Waals surface area (Å²) in [5.41, 5.74) is 0.912. The van der Waals surface area contributed by atoms with Gasteiger partial charge in [-0.15, -0.1) is 0 Å². The zero-order chi connectivity index (χ0) is 14.8. The number of nitrogens with one attached hydrogen (secondary N) is 1. The van der Waals surface area contributed by atoms with Crippen molar-refractivity contribution in [2.45, 2.75) is 11.8 Å². The van der Waals surface area contributed by atoms with Crippen LogP contribution in [0.1, 0.15) is 5.56 Å². The Morgan fingerprint density at radius 3 is 2.37 bits per heavy atom. The Morgan fingerprint density at radius 2 is 1.84 bits per heavy atom. The first-order valence-electron chi connectivity index (χ1n) is 5.30. The Kier molecular flexibility index (Phi) is 5.54. The second kappa shape index (κ2) is 6.34. The second-order valence-corrected chi connectivity index (χ2v) is 7.59. The Labute approximate surface area is 129 Å². The van der Waals surface area contributed by atoms with E-state index in [1.165, 1.54) is 11.0 Å². The number of likely N-dealkylation sites (N-methyl/N-ethyl adjacent to an activating group) is 1. The first-order valence-corrected chi connectivity index (χ1v) is 8.37. The molecule has 0 saturated heterocycles. The number of rotatable bonds is 4. The highest BCUT2D eigenvalue weighted by atomic mass is 79.9. The molecule has 0 fully saturated rings. The summed E-state index contributed by atoms with van der Waals surface area (Å²) in [5, 5.41) is 0. The standard InChI is InChI=1S/C11H14Br2N2O3S/c1-7-4-9(13)10(5-8(7)12)19(17,18)14-6-11(16)15(2)3/h4-5,14H,6H2,1-3H3. The van der Waals surface area contributed by atoms with Crippen molar-refractivity contribution in [2.75, 3.05) is 20.6 Å². The van der Waals surface area contributed by atoms with Crippen molar-refractivity contribution < 1.29 is 13.2 Å². The van der Waals surface area contributed by atoms with E-state index in [2.05, 4.69) is 36.6 Å². The highest BCUT2D eigenvalue weighted by Gasteiger charge is 2.20. The van der Waals surface area contributed by atoms with E-state index in [1.807, 2.05) is 6.92 Å².